The first-order valence-electron chi connectivity index (χ1n) is 7.59. The van der Waals surface area contributed by atoms with E-state index in [1.54, 1.807) is 0 Å². The van der Waals surface area contributed by atoms with Crippen molar-refractivity contribution in [3.63, 3.8) is 0 Å². The van der Waals surface area contributed by atoms with Gasteiger partial charge in [-0.1, -0.05) is 6.42 Å². The fourth-order valence-corrected chi connectivity index (χ4v) is 2.01. The lowest BCUT2D eigenvalue weighted by atomic mass is 10.1. The van der Waals surface area contributed by atoms with Gasteiger partial charge in [0.25, 0.3) is 0 Å². The maximum Gasteiger partial charge on any atom is 0.425 e. The fourth-order valence-electron chi connectivity index (χ4n) is 2.01. The predicted molar refractivity (Wildman–Crippen MR) is 78.3 cm³/mol. The van der Waals surface area contributed by atoms with E-state index >= 15 is 0 Å². The second-order valence-electron chi connectivity index (χ2n) is 5.15. The van der Waals surface area contributed by atoms with Crippen LogP contribution in [0.25, 0.3) is 0 Å². The van der Waals surface area contributed by atoms with Crippen molar-refractivity contribution in [2.45, 2.75) is 44.9 Å². The number of hydrogen-bond acceptors (Lipinski definition) is 4. The fraction of sp³-hybridized carbons (Fsp3) is 0.562. The number of aromatic hydroxyl groups is 1. The summed E-state index contributed by atoms with van der Waals surface area (Å²) in [5.41, 5.74) is -0.654. The molecule has 1 N–H and O–H groups in total. The zero-order valence-electron chi connectivity index (χ0n) is 13.2. The highest BCUT2D eigenvalue weighted by Gasteiger charge is 2.42. The van der Waals surface area contributed by atoms with E-state index in [1.165, 1.54) is 0 Å². The topological polar surface area (TPSA) is 55.8 Å². The molecule has 0 spiro atoms. The molecule has 0 amide bonds. The summed E-state index contributed by atoms with van der Waals surface area (Å²) in [6.45, 7) is 2.83. The van der Waals surface area contributed by atoms with Gasteiger partial charge in [0.15, 0.2) is 6.10 Å². The number of carbonyl (C=O) groups excluding carboxylic acids is 1. The molecule has 0 heterocycles. The minimum atomic E-state index is -4.73. The van der Waals surface area contributed by atoms with Crippen LogP contribution in [-0.2, 0) is 9.47 Å². The molecule has 1 unspecified atom stereocenters. The molecule has 0 radical (unpaired) electrons. The lowest BCUT2D eigenvalue weighted by Gasteiger charge is -2.20. The maximum absolute atomic E-state index is 13.5. The number of esters is 1. The molecule has 0 fully saturated rings. The van der Waals surface area contributed by atoms with Crippen LogP contribution >= 0.6 is 0 Å². The monoisotopic (exact) mass is 352 g/mol. The minimum absolute atomic E-state index is 0.197. The van der Waals surface area contributed by atoms with Gasteiger partial charge in [0, 0.05) is 19.3 Å². The van der Waals surface area contributed by atoms with Gasteiger partial charge in [-0.15, -0.1) is 0 Å². The Morgan fingerprint density at radius 3 is 2.54 bits per heavy atom. The van der Waals surface area contributed by atoms with Crippen LogP contribution in [0, 0.1) is 5.82 Å². The Labute approximate surface area is 137 Å². The third-order valence-electron chi connectivity index (χ3n) is 3.25. The molecule has 0 bridgehead atoms. The molecular formula is C16H20F4O4. The summed E-state index contributed by atoms with van der Waals surface area (Å²) in [4.78, 5) is 11.7. The third kappa shape index (κ3) is 6.74. The molecule has 0 saturated carbocycles. The van der Waals surface area contributed by atoms with Crippen molar-refractivity contribution in [2.75, 3.05) is 13.2 Å². The molecule has 0 aliphatic heterocycles. The van der Waals surface area contributed by atoms with Crippen LogP contribution in [0.3, 0.4) is 0 Å². The van der Waals surface area contributed by atoms with E-state index in [2.05, 4.69) is 4.74 Å². The summed E-state index contributed by atoms with van der Waals surface area (Å²) in [5, 5.41) is 9.05. The summed E-state index contributed by atoms with van der Waals surface area (Å²) in [6, 6.07) is 2.51. The summed E-state index contributed by atoms with van der Waals surface area (Å²) in [6.07, 6.45) is -6.13. The number of carbonyl (C=O) groups is 1. The number of phenolic OH excluding ortho intramolecular Hbond substituents is 1. The molecule has 24 heavy (non-hydrogen) atoms. The van der Waals surface area contributed by atoms with Gasteiger partial charge < -0.3 is 14.6 Å². The standard InChI is InChI=1S/C16H20F4O4/c1-2-23-9-5-3-4-6-14(16(18,19)20)24-15(22)12-8-7-11(21)10-13(12)17/h7-8,10,14,21H,2-6,9H2,1H3. The number of alkyl halides is 3. The largest absolute Gasteiger partial charge is 0.508 e. The molecule has 0 aromatic heterocycles. The number of rotatable bonds is 9. The molecule has 4 nitrogen and oxygen atoms in total. The second kappa shape index (κ2) is 9.46. The highest BCUT2D eigenvalue weighted by Crippen LogP contribution is 2.28. The Hall–Kier alpha value is -1.83. The van der Waals surface area contributed by atoms with Gasteiger partial charge in [0.05, 0.1) is 5.56 Å². The van der Waals surface area contributed by atoms with E-state index < -0.39 is 41.8 Å². The van der Waals surface area contributed by atoms with Gasteiger partial charge in [-0.3, -0.25) is 0 Å². The molecule has 1 aromatic carbocycles. The van der Waals surface area contributed by atoms with E-state index in [1.807, 2.05) is 6.92 Å². The summed E-state index contributed by atoms with van der Waals surface area (Å²) >= 11 is 0. The van der Waals surface area contributed by atoms with Crippen LogP contribution < -0.4 is 0 Å². The SMILES string of the molecule is CCOCCCCCC(OC(=O)c1ccc(O)cc1F)C(F)(F)F. The van der Waals surface area contributed by atoms with Crippen molar-refractivity contribution >= 4 is 5.97 Å². The highest BCUT2D eigenvalue weighted by molar-refractivity contribution is 5.90. The van der Waals surface area contributed by atoms with Crippen LogP contribution in [0.4, 0.5) is 17.6 Å². The average molecular weight is 352 g/mol. The molecule has 1 rings (SSSR count). The van der Waals surface area contributed by atoms with Gasteiger partial charge >= 0.3 is 12.1 Å². The van der Waals surface area contributed by atoms with Crippen molar-refractivity contribution in [1.82, 2.24) is 0 Å². The Morgan fingerprint density at radius 1 is 1.25 bits per heavy atom. The van der Waals surface area contributed by atoms with Crippen LogP contribution in [0.15, 0.2) is 18.2 Å². The van der Waals surface area contributed by atoms with E-state index in [0.717, 1.165) is 12.1 Å². The Kier molecular flexibility index (Phi) is 7.97. The Balaban J connectivity index is 2.61. The molecule has 0 saturated heterocycles. The van der Waals surface area contributed by atoms with Gasteiger partial charge in [-0.2, -0.15) is 13.2 Å². The molecular weight excluding hydrogens is 332 g/mol. The Morgan fingerprint density at radius 2 is 1.96 bits per heavy atom. The molecule has 0 aliphatic rings. The van der Waals surface area contributed by atoms with E-state index in [4.69, 9.17) is 9.84 Å². The van der Waals surface area contributed by atoms with Crippen molar-refractivity contribution in [3.05, 3.63) is 29.6 Å². The zero-order valence-corrected chi connectivity index (χ0v) is 13.2. The number of unbranched alkanes of at least 4 members (excludes halogenated alkanes) is 2. The number of ether oxygens (including phenoxy) is 2. The molecule has 1 atom stereocenters. The number of benzene rings is 1. The van der Waals surface area contributed by atoms with Crippen molar-refractivity contribution in [1.29, 1.82) is 0 Å². The van der Waals surface area contributed by atoms with Crippen molar-refractivity contribution in [3.8, 4) is 5.75 Å². The van der Waals surface area contributed by atoms with Crippen molar-refractivity contribution < 1.29 is 36.9 Å². The maximum atomic E-state index is 13.5. The van der Waals surface area contributed by atoms with Gasteiger partial charge in [-0.05, 0) is 38.3 Å². The molecule has 0 aliphatic carbocycles. The highest BCUT2D eigenvalue weighted by atomic mass is 19.4. The molecule has 136 valence electrons. The smallest absolute Gasteiger partial charge is 0.425 e. The van der Waals surface area contributed by atoms with Crippen molar-refractivity contribution in [2.24, 2.45) is 0 Å². The number of phenols is 1. The van der Waals surface area contributed by atoms with E-state index in [9.17, 15) is 22.4 Å². The lowest BCUT2D eigenvalue weighted by molar-refractivity contribution is -0.206. The molecule has 1 aromatic rings. The first-order chi connectivity index (χ1) is 11.3. The lowest BCUT2D eigenvalue weighted by Crippen LogP contribution is -2.34. The van der Waals surface area contributed by atoms with E-state index in [-0.39, 0.29) is 6.42 Å². The summed E-state index contributed by atoms with van der Waals surface area (Å²) < 4.78 is 61.9. The summed E-state index contributed by atoms with van der Waals surface area (Å²) in [5.74, 6) is -2.99. The number of hydrogen-bond donors (Lipinski definition) is 1. The Bertz CT molecular complexity index is 531. The second-order valence-corrected chi connectivity index (χ2v) is 5.15. The van der Waals surface area contributed by atoms with Gasteiger partial charge in [0.1, 0.15) is 11.6 Å². The third-order valence-corrected chi connectivity index (χ3v) is 3.25. The first-order valence-corrected chi connectivity index (χ1v) is 7.59. The first kappa shape index (κ1) is 20.2. The van der Waals surface area contributed by atoms with Gasteiger partial charge in [-0.25, -0.2) is 9.18 Å². The summed E-state index contributed by atoms with van der Waals surface area (Å²) in [7, 11) is 0. The molecule has 8 heteroatoms. The van der Waals surface area contributed by atoms with Crippen LogP contribution in [-0.4, -0.2) is 36.6 Å². The predicted octanol–water partition coefficient (Wildman–Crippen LogP) is 4.22. The van der Waals surface area contributed by atoms with Gasteiger partial charge in [0.2, 0.25) is 0 Å². The van der Waals surface area contributed by atoms with Crippen LogP contribution in [0.2, 0.25) is 0 Å². The zero-order chi connectivity index (χ0) is 18.2. The average Bonchev–Trinajstić information content (AvgIpc) is 2.48. The van der Waals surface area contributed by atoms with Crippen LogP contribution in [0.1, 0.15) is 43.0 Å². The quantitative estimate of drug-likeness (QED) is 0.411. The number of halogens is 4. The minimum Gasteiger partial charge on any atom is -0.508 e. The van der Waals surface area contributed by atoms with E-state index in [0.29, 0.717) is 32.1 Å². The normalized spacial score (nSPS) is 12.9. The van der Waals surface area contributed by atoms with Crippen LogP contribution in [0.5, 0.6) is 5.75 Å².